The predicted octanol–water partition coefficient (Wildman–Crippen LogP) is -3.09. The minimum atomic E-state index is -1.62. The fraction of sp³-hybridized carbons (Fsp3) is 0.647. The Morgan fingerprint density at radius 1 is 1.03 bits per heavy atom. The Kier molecular flexibility index (Phi) is 12.4. The first kappa shape index (κ1) is 27.7. The molecule has 176 valence electrons. The van der Waals surface area contributed by atoms with Crippen LogP contribution in [0.2, 0.25) is 0 Å². The van der Waals surface area contributed by atoms with Crippen LogP contribution in [-0.4, -0.2) is 83.1 Å². The molecule has 13 nitrogen and oxygen atoms in total. The van der Waals surface area contributed by atoms with Crippen molar-refractivity contribution in [1.29, 1.82) is 0 Å². The number of aliphatic carboxylic acids is 1. The lowest BCUT2D eigenvalue weighted by Crippen LogP contribution is -2.58. The highest BCUT2D eigenvalue weighted by atomic mass is 19.1. The highest BCUT2D eigenvalue weighted by Gasteiger charge is 2.31. The number of aliphatic hydroxyl groups excluding tert-OH is 1. The van der Waals surface area contributed by atoms with Crippen molar-refractivity contribution in [2.45, 2.75) is 57.3 Å². The average Bonchev–Trinajstić information content (AvgIpc) is 2.66. The molecular weight excluding hydrogens is 419 g/mol. The smallest absolute Gasteiger partial charge is 0.305 e. The summed E-state index contributed by atoms with van der Waals surface area (Å²) in [4.78, 5) is 62.4. The van der Waals surface area contributed by atoms with E-state index in [4.69, 9.17) is 16.6 Å². The summed E-state index contributed by atoms with van der Waals surface area (Å²) in [5, 5.41) is 25.2. The number of halogens is 1. The highest BCUT2D eigenvalue weighted by molar-refractivity contribution is 5.95. The molecule has 0 saturated heterocycles. The number of carbonyl (C=O) groups excluding carboxylic acids is 4. The van der Waals surface area contributed by atoms with Crippen molar-refractivity contribution in [2.75, 3.05) is 13.2 Å². The fourth-order valence-electron chi connectivity index (χ4n) is 2.39. The maximum Gasteiger partial charge on any atom is 0.305 e. The second kappa shape index (κ2) is 13.8. The first-order valence-corrected chi connectivity index (χ1v) is 9.30. The van der Waals surface area contributed by atoms with E-state index in [1.165, 1.54) is 6.92 Å². The number of carbonyl (C=O) groups is 5. The molecule has 0 spiro atoms. The zero-order chi connectivity index (χ0) is 24.1. The zero-order valence-corrected chi connectivity index (χ0v) is 17.3. The van der Waals surface area contributed by atoms with E-state index >= 15 is 0 Å². The molecule has 0 bridgehead atoms. The molecule has 0 saturated carbocycles. The Bertz CT molecular complexity index is 700. The highest BCUT2D eigenvalue weighted by Crippen LogP contribution is 2.03. The van der Waals surface area contributed by atoms with Crippen LogP contribution >= 0.6 is 0 Å². The Labute approximate surface area is 177 Å². The van der Waals surface area contributed by atoms with Gasteiger partial charge in [-0.25, -0.2) is 4.39 Å². The fourth-order valence-corrected chi connectivity index (χ4v) is 2.39. The minimum Gasteiger partial charge on any atom is -0.481 e. The Hall–Kier alpha value is -3.29. The van der Waals surface area contributed by atoms with Crippen molar-refractivity contribution in [3.05, 3.63) is 0 Å². The Morgan fingerprint density at radius 2 is 1.61 bits per heavy atom. The van der Waals surface area contributed by atoms with Crippen LogP contribution in [0.5, 0.6) is 0 Å². The van der Waals surface area contributed by atoms with Gasteiger partial charge in [0.15, 0.2) is 0 Å². The second-order valence-corrected chi connectivity index (χ2v) is 6.69. The molecular formula is C17H29FN6O7. The third-order valence-electron chi connectivity index (χ3n) is 3.90. The minimum absolute atomic E-state index is 0.0000675. The topological polar surface area (TPSA) is 226 Å². The van der Waals surface area contributed by atoms with Crippen molar-refractivity contribution in [3.63, 3.8) is 0 Å². The molecule has 0 radical (unpaired) electrons. The standard InChI is InChI=1S/C17H29FN6O7/c1-8(25)14(22-9(2)26)17(31)24-11(6-13(27)28)16(30)23-10(15(20)29)4-3-5-21-12(19)7-18/h8,10-11,14,25H,3-7H2,1-2H3,(H2,19,21)(H2,20,29)(H,22,26)(H,23,30)(H,24,31)(H,27,28)/t8-,10+,11+,14+/m1/s1. The summed E-state index contributed by atoms with van der Waals surface area (Å²) in [5.41, 5.74) is 10.5. The van der Waals surface area contributed by atoms with Gasteiger partial charge >= 0.3 is 5.97 Å². The van der Waals surface area contributed by atoms with Gasteiger partial charge in [0.1, 0.15) is 30.6 Å². The number of carboxylic acid groups (broad SMARTS) is 1. The van der Waals surface area contributed by atoms with E-state index in [2.05, 4.69) is 20.9 Å². The summed E-state index contributed by atoms with van der Waals surface area (Å²) >= 11 is 0. The van der Waals surface area contributed by atoms with Gasteiger partial charge < -0.3 is 37.6 Å². The number of amidine groups is 1. The number of nitrogens with one attached hydrogen (secondary N) is 3. The molecule has 0 fully saturated rings. The van der Waals surface area contributed by atoms with E-state index in [-0.39, 0.29) is 25.2 Å². The van der Waals surface area contributed by atoms with Crippen molar-refractivity contribution in [1.82, 2.24) is 16.0 Å². The molecule has 0 aromatic heterocycles. The molecule has 31 heavy (non-hydrogen) atoms. The van der Waals surface area contributed by atoms with Crippen LogP contribution in [0, 0.1) is 0 Å². The number of nitrogens with zero attached hydrogens (tertiary/aromatic N) is 1. The lowest BCUT2D eigenvalue weighted by Gasteiger charge is -2.24. The summed E-state index contributed by atoms with van der Waals surface area (Å²) in [6.45, 7) is 1.45. The summed E-state index contributed by atoms with van der Waals surface area (Å²) in [6, 6.07) is -4.28. The van der Waals surface area contributed by atoms with E-state index in [0.717, 1.165) is 6.92 Å². The zero-order valence-electron chi connectivity index (χ0n) is 17.3. The van der Waals surface area contributed by atoms with Crippen LogP contribution in [0.3, 0.4) is 0 Å². The van der Waals surface area contributed by atoms with E-state index in [1.807, 2.05) is 0 Å². The van der Waals surface area contributed by atoms with Crippen molar-refractivity contribution >= 4 is 35.4 Å². The molecule has 4 amide bonds. The number of rotatable bonds is 14. The molecule has 0 heterocycles. The summed E-state index contributed by atoms with van der Waals surface area (Å²) in [6.07, 6.45) is -1.97. The van der Waals surface area contributed by atoms with Crippen LogP contribution in [0.15, 0.2) is 4.99 Å². The van der Waals surface area contributed by atoms with E-state index < -0.39 is 66.9 Å². The third-order valence-corrected chi connectivity index (χ3v) is 3.90. The second-order valence-electron chi connectivity index (χ2n) is 6.69. The van der Waals surface area contributed by atoms with Crippen LogP contribution in [0.4, 0.5) is 4.39 Å². The Balaban J connectivity index is 5.23. The summed E-state index contributed by atoms with van der Waals surface area (Å²) < 4.78 is 12.2. The maximum atomic E-state index is 12.5. The summed E-state index contributed by atoms with van der Waals surface area (Å²) in [5.74, 6) is -5.23. The monoisotopic (exact) mass is 448 g/mol. The number of amides is 4. The Morgan fingerprint density at radius 3 is 2.06 bits per heavy atom. The molecule has 0 unspecified atom stereocenters. The van der Waals surface area contributed by atoms with Gasteiger partial charge in [0.25, 0.3) is 0 Å². The molecule has 9 N–H and O–H groups in total. The molecule has 0 rings (SSSR count). The first-order valence-electron chi connectivity index (χ1n) is 9.30. The number of hydrogen-bond acceptors (Lipinski definition) is 7. The van der Waals surface area contributed by atoms with Crippen LogP contribution in [0.25, 0.3) is 0 Å². The van der Waals surface area contributed by atoms with Gasteiger partial charge in [-0.05, 0) is 19.8 Å². The molecule has 0 aliphatic carbocycles. The molecule has 14 heteroatoms. The maximum absolute atomic E-state index is 12.5. The molecule has 4 atom stereocenters. The van der Waals surface area contributed by atoms with Crippen LogP contribution in [-0.2, 0) is 24.0 Å². The first-order chi connectivity index (χ1) is 14.4. The third kappa shape index (κ3) is 11.5. The van der Waals surface area contributed by atoms with Gasteiger partial charge in [0, 0.05) is 13.5 Å². The largest absolute Gasteiger partial charge is 0.481 e. The number of alkyl halides is 1. The van der Waals surface area contributed by atoms with Crippen LogP contribution in [0.1, 0.15) is 33.1 Å². The number of primary amides is 1. The summed E-state index contributed by atoms with van der Waals surface area (Å²) in [7, 11) is 0. The van der Waals surface area contributed by atoms with Crippen molar-refractivity contribution in [3.8, 4) is 0 Å². The van der Waals surface area contributed by atoms with E-state index in [9.17, 15) is 33.5 Å². The SMILES string of the molecule is CC(=O)N[C@H](C(=O)N[C@@H](CC(=O)O)C(=O)N[C@@H](CCCN=C(N)CF)C(N)=O)[C@@H](C)O. The quantitative estimate of drug-likeness (QED) is 0.0816. The molecule has 0 aromatic carbocycles. The van der Waals surface area contributed by atoms with E-state index in [0.29, 0.717) is 0 Å². The van der Waals surface area contributed by atoms with Gasteiger partial charge in [-0.15, -0.1) is 0 Å². The molecule has 0 aliphatic heterocycles. The molecule has 0 aromatic rings. The number of aliphatic imine (C=N–C) groups is 1. The lowest BCUT2D eigenvalue weighted by molar-refractivity contribution is -0.141. The van der Waals surface area contributed by atoms with Crippen molar-refractivity contribution < 1.29 is 38.6 Å². The predicted molar refractivity (Wildman–Crippen MR) is 106 cm³/mol. The lowest BCUT2D eigenvalue weighted by atomic mass is 10.1. The number of hydrogen-bond donors (Lipinski definition) is 7. The van der Waals surface area contributed by atoms with Gasteiger partial charge in [0.05, 0.1) is 12.5 Å². The average molecular weight is 448 g/mol. The van der Waals surface area contributed by atoms with Gasteiger partial charge in [-0.1, -0.05) is 0 Å². The number of aliphatic hydroxyl groups is 1. The normalized spacial score (nSPS) is 15.2. The van der Waals surface area contributed by atoms with Gasteiger partial charge in [0.2, 0.25) is 23.6 Å². The number of carboxylic acids is 1. The van der Waals surface area contributed by atoms with Crippen LogP contribution < -0.4 is 27.4 Å². The number of nitrogens with two attached hydrogens (primary N) is 2. The van der Waals surface area contributed by atoms with Gasteiger partial charge in [-0.2, -0.15) is 0 Å². The van der Waals surface area contributed by atoms with Gasteiger partial charge in [-0.3, -0.25) is 29.0 Å². The van der Waals surface area contributed by atoms with E-state index in [1.54, 1.807) is 0 Å². The van der Waals surface area contributed by atoms with Crippen molar-refractivity contribution in [2.24, 2.45) is 16.5 Å². The molecule has 0 aliphatic rings.